The summed E-state index contributed by atoms with van der Waals surface area (Å²) in [5, 5.41) is 14.0. The second-order valence-corrected chi connectivity index (χ2v) is 5.91. The summed E-state index contributed by atoms with van der Waals surface area (Å²) in [6, 6.07) is 11.2. The SMILES string of the molecule is O=C(Cn1nnc(-c2ccc(Br)cc2)n1)c1cccs1. The number of halogens is 1. The van der Waals surface area contributed by atoms with Crippen molar-refractivity contribution in [1.82, 2.24) is 20.2 Å². The third-order valence-corrected chi connectivity index (χ3v) is 4.08. The summed E-state index contributed by atoms with van der Waals surface area (Å²) >= 11 is 4.78. The van der Waals surface area contributed by atoms with E-state index in [4.69, 9.17) is 0 Å². The van der Waals surface area contributed by atoms with Crippen molar-refractivity contribution in [2.45, 2.75) is 6.54 Å². The first-order chi connectivity index (χ1) is 9.72. The van der Waals surface area contributed by atoms with Gasteiger partial charge >= 0.3 is 0 Å². The van der Waals surface area contributed by atoms with E-state index in [1.54, 1.807) is 6.07 Å². The number of benzene rings is 1. The first-order valence-electron chi connectivity index (χ1n) is 5.83. The fraction of sp³-hybridized carbons (Fsp3) is 0.0769. The van der Waals surface area contributed by atoms with Gasteiger partial charge in [-0.05, 0) is 40.9 Å². The number of thiophene rings is 1. The predicted octanol–water partition coefficient (Wildman–Crippen LogP) is 3.05. The van der Waals surface area contributed by atoms with Crippen LogP contribution in [0.3, 0.4) is 0 Å². The minimum absolute atomic E-state index is 0.0141. The van der Waals surface area contributed by atoms with Crippen LogP contribution >= 0.6 is 27.3 Å². The predicted molar refractivity (Wildman–Crippen MR) is 79.6 cm³/mol. The summed E-state index contributed by atoms with van der Waals surface area (Å²) in [7, 11) is 0. The Labute approximate surface area is 127 Å². The summed E-state index contributed by atoms with van der Waals surface area (Å²) in [6.07, 6.45) is 0. The molecule has 3 rings (SSSR count). The molecule has 20 heavy (non-hydrogen) atoms. The first kappa shape index (κ1) is 13.1. The van der Waals surface area contributed by atoms with E-state index in [2.05, 4.69) is 31.3 Å². The molecule has 0 fully saturated rings. The normalized spacial score (nSPS) is 10.7. The van der Waals surface area contributed by atoms with Crippen LogP contribution in [0.4, 0.5) is 0 Å². The van der Waals surface area contributed by atoms with E-state index >= 15 is 0 Å². The van der Waals surface area contributed by atoms with E-state index in [9.17, 15) is 4.79 Å². The molecular formula is C13H9BrN4OS. The zero-order valence-corrected chi connectivity index (χ0v) is 12.6. The molecule has 1 aromatic carbocycles. The monoisotopic (exact) mass is 348 g/mol. The van der Waals surface area contributed by atoms with Gasteiger partial charge in [0.25, 0.3) is 0 Å². The number of hydrogen-bond acceptors (Lipinski definition) is 5. The number of carbonyl (C=O) groups is 1. The Morgan fingerprint density at radius 2 is 2.05 bits per heavy atom. The summed E-state index contributed by atoms with van der Waals surface area (Å²) < 4.78 is 0.988. The van der Waals surface area contributed by atoms with Crippen LogP contribution in [-0.2, 0) is 6.54 Å². The molecule has 2 aromatic heterocycles. The zero-order valence-electron chi connectivity index (χ0n) is 10.2. The molecule has 0 amide bonds. The molecule has 0 saturated carbocycles. The van der Waals surface area contributed by atoms with Crippen LogP contribution in [0.25, 0.3) is 11.4 Å². The van der Waals surface area contributed by atoms with Gasteiger partial charge in [0.05, 0.1) is 4.88 Å². The summed E-state index contributed by atoms with van der Waals surface area (Å²) in [5.41, 5.74) is 0.864. The maximum absolute atomic E-state index is 11.9. The average molecular weight is 349 g/mol. The Morgan fingerprint density at radius 1 is 1.25 bits per heavy atom. The van der Waals surface area contributed by atoms with E-state index in [0.29, 0.717) is 10.7 Å². The number of nitrogens with zero attached hydrogens (tertiary/aromatic N) is 4. The van der Waals surface area contributed by atoms with Gasteiger partial charge in [-0.25, -0.2) is 0 Å². The fourth-order valence-corrected chi connectivity index (χ4v) is 2.59. The maximum Gasteiger partial charge on any atom is 0.204 e. The molecule has 0 N–H and O–H groups in total. The molecule has 0 saturated heterocycles. The molecular weight excluding hydrogens is 340 g/mol. The molecule has 0 spiro atoms. The van der Waals surface area contributed by atoms with Crippen molar-refractivity contribution in [3.05, 3.63) is 51.1 Å². The minimum atomic E-state index is -0.0141. The Morgan fingerprint density at radius 3 is 2.75 bits per heavy atom. The average Bonchev–Trinajstić information content (AvgIpc) is 3.10. The van der Waals surface area contributed by atoms with Crippen molar-refractivity contribution in [1.29, 1.82) is 0 Å². The highest BCUT2D eigenvalue weighted by atomic mass is 79.9. The second kappa shape index (κ2) is 5.64. The lowest BCUT2D eigenvalue weighted by atomic mass is 10.2. The van der Waals surface area contributed by atoms with Crippen LogP contribution in [0.2, 0.25) is 0 Å². The van der Waals surface area contributed by atoms with Crippen LogP contribution in [0.5, 0.6) is 0 Å². The molecule has 7 heteroatoms. The molecule has 100 valence electrons. The third kappa shape index (κ3) is 2.83. The minimum Gasteiger partial charge on any atom is -0.291 e. The van der Waals surface area contributed by atoms with Gasteiger partial charge in [0.2, 0.25) is 5.82 Å². The number of Topliss-reactive ketones (excluding diaryl/α,β-unsaturated/α-hetero) is 1. The van der Waals surface area contributed by atoms with Crippen LogP contribution in [0.15, 0.2) is 46.3 Å². The zero-order chi connectivity index (χ0) is 13.9. The van der Waals surface area contributed by atoms with Crippen LogP contribution in [-0.4, -0.2) is 26.0 Å². The van der Waals surface area contributed by atoms with E-state index in [1.165, 1.54) is 16.1 Å². The van der Waals surface area contributed by atoms with Gasteiger partial charge in [0.15, 0.2) is 5.78 Å². The molecule has 2 heterocycles. The Kier molecular flexibility index (Phi) is 3.70. The highest BCUT2D eigenvalue weighted by Gasteiger charge is 2.11. The van der Waals surface area contributed by atoms with E-state index in [-0.39, 0.29) is 12.3 Å². The number of rotatable bonds is 4. The topological polar surface area (TPSA) is 60.7 Å². The molecule has 0 bridgehead atoms. The van der Waals surface area contributed by atoms with Gasteiger partial charge in [0, 0.05) is 10.0 Å². The summed E-state index contributed by atoms with van der Waals surface area (Å²) in [4.78, 5) is 14.0. The van der Waals surface area contributed by atoms with Crippen molar-refractivity contribution >= 4 is 33.0 Å². The number of hydrogen-bond donors (Lipinski definition) is 0. The van der Waals surface area contributed by atoms with Gasteiger partial charge in [-0.2, -0.15) is 4.80 Å². The highest BCUT2D eigenvalue weighted by Crippen LogP contribution is 2.17. The summed E-state index contributed by atoms with van der Waals surface area (Å²) in [6.45, 7) is 0.101. The molecule has 5 nitrogen and oxygen atoms in total. The van der Waals surface area contributed by atoms with Crippen LogP contribution in [0.1, 0.15) is 9.67 Å². The molecule has 0 atom stereocenters. The van der Waals surface area contributed by atoms with Crippen LogP contribution < -0.4 is 0 Å². The summed E-state index contributed by atoms with van der Waals surface area (Å²) in [5.74, 6) is 0.497. The lowest BCUT2D eigenvalue weighted by Crippen LogP contribution is -2.12. The number of ketones is 1. The third-order valence-electron chi connectivity index (χ3n) is 2.64. The smallest absolute Gasteiger partial charge is 0.204 e. The van der Waals surface area contributed by atoms with Crippen molar-refractivity contribution in [3.63, 3.8) is 0 Å². The quantitative estimate of drug-likeness (QED) is 0.680. The first-order valence-corrected chi connectivity index (χ1v) is 7.50. The highest BCUT2D eigenvalue weighted by molar-refractivity contribution is 9.10. The van der Waals surface area contributed by atoms with Crippen LogP contribution in [0, 0.1) is 0 Å². The van der Waals surface area contributed by atoms with Crippen molar-refractivity contribution in [2.75, 3.05) is 0 Å². The Bertz CT molecular complexity index is 721. The molecule has 0 unspecified atom stereocenters. The number of carbonyl (C=O) groups excluding carboxylic acids is 1. The second-order valence-electron chi connectivity index (χ2n) is 4.05. The Hall–Kier alpha value is -1.86. The molecule has 3 aromatic rings. The maximum atomic E-state index is 11.9. The van der Waals surface area contributed by atoms with Crippen molar-refractivity contribution in [3.8, 4) is 11.4 Å². The van der Waals surface area contributed by atoms with Gasteiger partial charge in [-0.1, -0.05) is 22.0 Å². The van der Waals surface area contributed by atoms with Gasteiger partial charge in [-0.15, -0.1) is 21.5 Å². The van der Waals surface area contributed by atoms with Crippen molar-refractivity contribution < 1.29 is 4.79 Å². The molecule has 0 aliphatic carbocycles. The lowest BCUT2D eigenvalue weighted by Gasteiger charge is -1.96. The largest absolute Gasteiger partial charge is 0.291 e. The Balaban J connectivity index is 1.77. The lowest BCUT2D eigenvalue weighted by molar-refractivity contribution is 0.0965. The molecule has 0 aliphatic heterocycles. The van der Waals surface area contributed by atoms with E-state index in [1.807, 2.05) is 35.7 Å². The number of tetrazole rings is 1. The van der Waals surface area contributed by atoms with E-state index in [0.717, 1.165) is 10.0 Å². The standard InChI is InChI=1S/C13H9BrN4OS/c14-10-5-3-9(4-6-10)13-15-17-18(16-13)8-11(19)12-2-1-7-20-12/h1-7H,8H2. The van der Waals surface area contributed by atoms with Gasteiger partial charge < -0.3 is 0 Å². The van der Waals surface area contributed by atoms with Gasteiger partial charge in [0.1, 0.15) is 6.54 Å². The number of aromatic nitrogens is 4. The molecule has 0 radical (unpaired) electrons. The van der Waals surface area contributed by atoms with E-state index < -0.39 is 0 Å². The molecule has 0 aliphatic rings. The van der Waals surface area contributed by atoms with Gasteiger partial charge in [-0.3, -0.25) is 4.79 Å². The fourth-order valence-electron chi connectivity index (χ4n) is 1.67. The van der Waals surface area contributed by atoms with Crippen molar-refractivity contribution in [2.24, 2.45) is 0 Å².